The Labute approximate surface area is 133 Å². The van der Waals surface area contributed by atoms with Crippen molar-refractivity contribution in [1.82, 2.24) is 5.32 Å². The number of hydrogen-bond donors (Lipinski definition) is 1. The number of ether oxygens (including phenoxy) is 1. The summed E-state index contributed by atoms with van der Waals surface area (Å²) in [5.74, 6) is 1.72. The smallest absolute Gasteiger partial charge is 0.125 e. The van der Waals surface area contributed by atoms with E-state index in [2.05, 4.69) is 26.1 Å². The highest BCUT2D eigenvalue weighted by molar-refractivity contribution is 6.30. The SMILES string of the molecule is CNC1CC2(CC(C)CC(C)(C)C2)Oc2ccc(Cl)cc21. The van der Waals surface area contributed by atoms with E-state index in [4.69, 9.17) is 16.3 Å². The molecule has 2 aliphatic rings. The molecule has 3 unspecified atom stereocenters. The number of halogens is 1. The molecule has 1 aromatic carbocycles. The van der Waals surface area contributed by atoms with E-state index in [0.29, 0.717) is 17.4 Å². The summed E-state index contributed by atoms with van der Waals surface area (Å²) in [6.45, 7) is 7.11. The van der Waals surface area contributed by atoms with Crippen molar-refractivity contribution in [3.63, 3.8) is 0 Å². The lowest BCUT2D eigenvalue weighted by atomic mass is 9.63. The Hall–Kier alpha value is -0.730. The molecule has 1 aromatic rings. The predicted octanol–water partition coefficient (Wildman–Crippen LogP) is 4.97. The molecule has 0 amide bonds. The third-order valence-corrected chi connectivity index (χ3v) is 5.26. The lowest BCUT2D eigenvalue weighted by Gasteiger charge is -2.51. The molecule has 2 nitrogen and oxygen atoms in total. The van der Waals surface area contributed by atoms with Crippen molar-refractivity contribution in [2.75, 3.05) is 7.05 Å². The van der Waals surface area contributed by atoms with Gasteiger partial charge in [0.15, 0.2) is 0 Å². The highest BCUT2D eigenvalue weighted by Gasteiger charge is 2.48. The zero-order valence-electron chi connectivity index (χ0n) is 13.5. The first kappa shape index (κ1) is 15.2. The van der Waals surface area contributed by atoms with E-state index < -0.39 is 0 Å². The average molecular weight is 308 g/mol. The van der Waals surface area contributed by atoms with Gasteiger partial charge in [-0.15, -0.1) is 0 Å². The summed E-state index contributed by atoms with van der Waals surface area (Å²) >= 11 is 6.16. The minimum absolute atomic E-state index is 0.0321. The maximum absolute atomic E-state index is 6.55. The summed E-state index contributed by atoms with van der Waals surface area (Å²) in [7, 11) is 2.03. The summed E-state index contributed by atoms with van der Waals surface area (Å²) in [5.41, 5.74) is 1.52. The van der Waals surface area contributed by atoms with Gasteiger partial charge in [-0.05, 0) is 55.8 Å². The van der Waals surface area contributed by atoms with Crippen LogP contribution in [-0.4, -0.2) is 12.6 Å². The zero-order valence-corrected chi connectivity index (χ0v) is 14.3. The van der Waals surface area contributed by atoms with Crippen LogP contribution in [0.3, 0.4) is 0 Å². The van der Waals surface area contributed by atoms with Crippen LogP contribution in [0.4, 0.5) is 0 Å². The van der Waals surface area contributed by atoms with Gasteiger partial charge in [0.2, 0.25) is 0 Å². The first-order valence-corrected chi connectivity index (χ1v) is 8.36. The minimum Gasteiger partial charge on any atom is -0.487 e. The highest BCUT2D eigenvalue weighted by atomic mass is 35.5. The van der Waals surface area contributed by atoms with E-state index in [1.165, 1.54) is 12.0 Å². The first-order valence-electron chi connectivity index (χ1n) is 7.98. The normalized spacial score (nSPS) is 34.3. The van der Waals surface area contributed by atoms with E-state index in [1.807, 2.05) is 25.2 Å². The van der Waals surface area contributed by atoms with Gasteiger partial charge in [0.1, 0.15) is 11.4 Å². The van der Waals surface area contributed by atoms with Crippen molar-refractivity contribution in [3.05, 3.63) is 28.8 Å². The van der Waals surface area contributed by atoms with Gasteiger partial charge in [0.05, 0.1) is 0 Å². The van der Waals surface area contributed by atoms with Gasteiger partial charge >= 0.3 is 0 Å². The van der Waals surface area contributed by atoms with Crippen molar-refractivity contribution in [1.29, 1.82) is 0 Å². The molecular formula is C18H26ClNO. The van der Waals surface area contributed by atoms with Crippen LogP contribution in [0, 0.1) is 11.3 Å². The number of benzene rings is 1. The summed E-state index contributed by atoms with van der Waals surface area (Å²) < 4.78 is 6.55. The van der Waals surface area contributed by atoms with E-state index >= 15 is 0 Å². The maximum atomic E-state index is 6.55. The molecule has 21 heavy (non-hydrogen) atoms. The molecule has 3 heteroatoms. The third-order valence-electron chi connectivity index (χ3n) is 5.02. The van der Waals surface area contributed by atoms with Crippen LogP contribution >= 0.6 is 11.6 Å². The summed E-state index contributed by atoms with van der Waals surface area (Å²) in [6.07, 6.45) is 4.60. The van der Waals surface area contributed by atoms with Crippen molar-refractivity contribution in [3.8, 4) is 5.75 Å². The molecule has 0 radical (unpaired) electrons. The fourth-order valence-electron chi connectivity index (χ4n) is 4.80. The Balaban J connectivity index is 1.98. The zero-order chi connectivity index (χ0) is 15.3. The molecule has 0 bridgehead atoms. The molecule has 0 saturated heterocycles. The monoisotopic (exact) mass is 307 g/mol. The Morgan fingerprint density at radius 3 is 2.67 bits per heavy atom. The van der Waals surface area contributed by atoms with E-state index in [1.54, 1.807) is 0 Å². The van der Waals surface area contributed by atoms with Gasteiger partial charge in [-0.1, -0.05) is 32.4 Å². The molecule has 1 spiro atoms. The molecule has 1 saturated carbocycles. The van der Waals surface area contributed by atoms with E-state index in [-0.39, 0.29) is 5.60 Å². The molecule has 1 heterocycles. The highest BCUT2D eigenvalue weighted by Crippen LogP contribution is 2.52. The molecule has 0 aromatic heterocycles. The number of nitrogens with one attached hydrogen (secondary N) is 1. The second-order valence-corrected chi connectivity index (χ2v) is 8.30. The van der Waals surface area contributed by atoms with Crippen molar-refractivity contribution in [2.24, 2.45) is 11.3 Å². The van der Waals surface area contributed by atoms with E-state index in [0.717, 1.165) is 30.0 Å². The van der Waals surface area contributed by atoms with Gasteiger partial charge in [-0.3, -0.25) is 0 Å². The van der Waals surface area contributed by atoms with Crippen LogP contribution in [0.15, 0.2) is 18.2 Å². The number of rotatable bonds is 1. The molecule has 1 N–H and O–H groups in total. The largest absolute Gasteiger partial charge is 0.487 e. The standard InChI is InChI=1S/C18H26ClNO/c1-12-8-17(2,3)11-18(9-12)10-15(20-4)14-7-13(19)5-6-16(14)21-18/h5-7,12,15,20H,8-11H2,1-4H3. The van der Waals surface area contributed by atoms with Crippen LogP contribution < -0.4 is 10.1 Å². The Bertz CT molecular complexity index is 542. The fraction of sp³-hybridized carbons (Fsp3) is 0.667. The van der Waals surface area contributed by atoms with Crippen molar-refractivity contribution < 1.29 is 4.74 Å². The number of hydrogen-bond acceptors (Lipinski definition) is 2. The van der Waals surface area contributed by atoms with Crippen molar-refractivity contribution >= 4 is 11.6 Å². The predicted molar refractivity (Wildman–Crippen MR) is 88.0 cm³/mol. The lowest BCUT2D eigenvalue weighted by Crippen LogP contribution is -2.50. The van der Waals surface area contributed by atoms with Crippen LogP contribution in [0.2, 0.25) is 5.02 Å². The van der Waals surface area contributed by atoms with Gasteiger partial charge in [-0.25, -0.2) is 0 Å². The van der Waals surface area contributed by atoms with Crippen LogP contribution in [0.5, 0.6) is 5.75 Å². The molecule has 1 aliphatic carbocycles. The summed E-state index contributed by atoms with van der Waals surface area (Å²) in [5, 5.41) is 4.25. The maximum Gasteiger partial charge on any atom is 0.125 e. The fourth-order valence-corrected chi connectivity index (χ4v) is 4.98. The quantitative estimate of drug-likeness (QED) is 0.791. The first-order chi connectivity index (χ1) is 9.82. The molecule has 3 atom stereocenters. The summed E-state index contributed by atoms with van der Waals surface area (Å²) in [6, 6.07) is 6.34. The molecular weight excluding hydrogens is 282 g/mol. The lowest BCUT2D eigenvalue weighted by molar-refractivity contribution is -0.0594. The van der Waals surface area contributed by atoms with E-state index in [9.17, 15) is 0 Å². The molecule has 1 fully saturated rings. The third kappa shape index (κ3) is 2.93. The van der Waals surface area contributed by atoms with Gasteiger partial charge in [0.25, 0.3) is 0 Å². The van der Waals surface area contributed by atoms with Gasteiger partial charge in [0, 0.05) is 23.0 Å². The number of fused-ring (bicyclic) bond motifs is 1. The Morgan fingerprint density at radius 2 is 2.00 bits per heavy atom. The molecule has 1 aliphatic heterocycles. The Kier molecular flexibility index (Phi) is 3.74. The Morgan fingerprint density at radius 1 is 1.24 bits per heavy atom. The molecule has 116 valence electrons. The average Bonchev–Trinajstić information content (AvgIpc) is 2.35. The van der Waals surface area contributed by atoms with Gasteiger partial charge < -0.3 is 10.1 Å². The second kappa shape index (κ2) is 5.17. The topological polar surface area (TPSA) is 21.3 Å². The second-order valence-electron chi connectivity index (χ2n) is 7.87. The van der Waals surface area contributed by atoms with Crippen LogP contribution in [0.1, 0.15) is 58.1 Å². The minimum atomic E-state index is -0.0321. The molecule has 3 rings (SSSR count). The van der Waals surface area contributed by atoms with Gasteiger partial charge in [-0.2, -0.15) is 0 Å². The van der Waals surface area contributed by atoms with Crippen LogP contribution in [0.25, 0.3) is 0 Å². The van der Waals surface area contributed by atoms with Crippen molar-refractivity contribution in [2.45, 2.75) is 58.1 Å². The van der Waals surface area contributed by atoms with Crippen LogP contribution in [-0.2, 0) is 0 Å². The summed E-state index contributed by atoms with van der Waals surface area (Å²) in [4.78, 5) is 0.